The fourth-order valence-corrected chi connectivity index (χ4v) is 3.54. The number of aromatic nitrogens is 3. The fourth-order valence-electron chi connectivity index (χ4n) is 3.54. The highest BCUT2D eigenvalue weighted by atomic mass is 16.5. The summed E-state index contributed by atoms with van der Waals surface area (Å²) in [4.78, 5) is 19.1. The summed E-state index contributed by atoms with van der Waals surface area (Å²) >= 11 is 0. The van der Waals surface area contributed by atoms with Crippen molar-refractivity contribution in [2.24, 2.45) is 7.05 Å². The molecule has 0 bridgehead atoms. The predicted molar refractivity (Wildman–Crippen MR) is 94.9 cm³/mol. The average Bonchev–Trinajstić information content (AvgIpc) is 2.90. The van der Waals surface area contributed by atoms with Crippen molar-refractivity contribution in [3.63, 3.8) is 0 Å². The molecule has 3 heterocycles. The van der Waals surface area contributed by atoms with E-state index in [1.807, 2.05) is 25.8 Å². The topological polar surface area (TPSA) is 69.5 Å². The number of rotatable bonds is 4. The Kier molecular flexibility index (Phi) is 4.94. The summed E-state index contributed by atoms with van der Waals surface area (Å²) in [5.74, 6) is 0.754. The van der Waals surface area contributed by atoms with Crippen LogP contribution in [0.3, 0.4) is 0 Å². The van der Waals surface area contributed by atoms with E-state index >= 15 is 0 Å². The fraction of sp³-hybridized carbons (Fsp3) is 0.611. The van der Waals surface area contributed by atoms with Crippen molar-refractivity contribution in [2.45, 2.75) is 39.7 Å². The molecule has 0 radical (unpaired) electrons. The standard InChI is InChI=1S/C18H26N4O3/c1-11-10-22(8-9-25-11)15(23)7-6-14-12(2)16-17(19-13(14)3)21(4)20-18(16)24-5/h11H,6-10H2,1-5H3/t11-/m1/s1. The van der Waals surface area contributed by atoms with Crippen LogP contribution in [0.25, 0.3) is 11.0 Å². The quantitative estimate of drug-likeness (QED) is 0.844. The molecule has 1 aliphatic heterocycles. The van der Waals surface area contributed by atoms with Crippen LogP contribution in [0.4, 0.5) is 0 Å². The molecule has 0 saturated carbocycles. The van der Waals surface area contributed by atoms with Crippen molar-refractivity contribution in [1.29, 1.82) is 0 Å². The monoisotopic (exact) mass is 346 g/mol. The molecule has 1 fully saturated rings. The number of pyridine rings is 1. The van der Waals surface area contributed by atoms with Gasteiger partial charge in [0, 0.05) is 32.3 Å². The van der Waals surface area contributed by atoms with Gasteiger partial charge in [-0.3, -0.25) is 4.79 Å². The van der Waals surface area contributed by atoms with E-state index in [0.717, 1.165) is 27.9 Å². The first-order valence-corrected chi connectivity index (χ1v) is 8.68. The molecule has 2 aromatic rings. The maximum Gasteiger partial charge on any atom is 0.242 e. The van der Waals surface area contributed by atoms with Gasteiger partial charge < -0.3 is 14.4 Å². The zero-order valence-corrected chi connectivity index (χ0v) is 15.6. The van der Waals surface area contributed by atoms with E-state index in [4.69, 9.17) is 9.47 Å². The van der Waals surface area contributed by atoms with Gasteiger partial charge in [0.15, 0.2) is 5.65 Å². The summed E-state index contributed by atoms with van der Waals surface area (Å²) in [6.45, 7) is 8.01. The lowest BCUT2D eigenvalue weighted by molar-refractivity contribution is -0.138. The molecule has 0 N–H and O–H groups in total. The minimum atomic E-state index is 0.110. The van der Waals surface area contributed by atoms with Crippen molar-refractivity contribution in [2.75, 3.05) is 26.8 Å². The number of hydrogen-bond acceptors (Lipinski definition) is 5. The highest BCUT2D eigenvalue weighted by Gasteiger charge is 2.23. The lowest BCUT2D eigenvalue weighted by Crippen LogP contribution is -2.44. The first kappa shape index (κ1) is 17.7. The third-order valence-corrected chi connectivity index (χ3v) is 4.90. The number of aryl methyl sites for hydroxylation is 3. The lowest BCUT2D eigenvalue weighted by atomic mass is 10.00. The van der Waals surface area contributed by atoms with E-state index in [2.05, 4.69) is 17.0 Å². The first-order chi connectivity index (χ1) is 11.9. The molecule has 0 aliphatic carbocycles. The molecule has 1 aliphatic rings. The molecular formula is C18H26N4O3. The van der Waals surface area contributed by atoms with Gasteiger partial charge in [0.25, 0.3) is 0 Å². The Morgan fingerprint density at radius 1 is 1.40 bits per heavy atom. The lowest BCUT2D eigenvalue weighted by Gasteiger charge is -2.31. The minimum Gasteiger partial charge on any atom is -0.479 e. The summed E-state index contributed by atoms with van der Waals surface area (Å²) in [5.41, 5.74) is 3.95. The Hall–Kier alpha value is -2.15. The Balaban J connectivity index is 1.82. The summed E-state index contributed by atoms with van der Waals surface area (Å²) in [6.07, 6.45) is 1.26. The van der Waals surface area contributed by atoms with Gasteiger partial charge >= 0.3 is 0 Å². The number of ether oxygens (including phenoxy) is 2. The Bertz CT molecular complexity index is 799. The Morgan fingerprint density at radius 3 is 2.84 bits per heavy atom. The van der Waals surface area contributed by atoms with Crippen LogP contribution >= 0.6 is 0 Å². The minimum absolute atomic E-state index is 0.110. The van der Waals surface area contributed by atoms with Gasteiger partial charge in [-0.2, -0.15) is 0 Å². The van der Waals surface area contributed by atoms with E-state index in [9.17, 15) is 4.79 Å². The predicted octanol–water partition coefficient (Wildman–Crippen LogP) is 1.77. The maximum absolute atomic E-state index is 12.5. The molecule has 0 spiro atoms. The van der Waals surface area contributed by atoms with Crippen LogP contribution in [0.2, 0.25) is 0 Å². The average molecular weight is 346 g/mol. The number of amides is 1. The second-order valence-corrected chi connectivity index (χ2v) is 6.65. The van der Waals surface area contributed by atoms with E-state index in [1.165, 1.54) is 0 Å². The van der Waals surface area contributed by atoms with Gasteiger partial charge in [-0.1, -0.05) is 0 Å². The third-order valence-electron chi connectivity index (χ3n) is 4.90. The van der Waals surface area contributed by atoms with Crippen LogP contribution in [0.5, 0.6) is 5.88 Å². The largest absolute Gasteiger partial charge is 0.479 e. The second kappa shape index (κ2) is 7.00. The molecule has 0 unspecified atom stereocenters. The molecule has 1 saturated heterocycles. The SMILES string of the molecule is COc1nn(C)c2nc(C)c(CCC(=O)N3CCO[C@H](C)C3)c(C)c12. The number of fused-ring (bicyclic) bond motifs is 1. The van der Waals surface area contributed by atoms with E-state index in [0.29, 0.717) is 38.4 Å². The van der Waals surface area contributed by atoms with Crippen molar-refractivity contribution < 1.29 is 14.3 Å². The number of nitrogens with zero attached hydrogens (tertiary/aromatic N) is 4. The van der Waals surface area contributed by atoms with Crippen LogP contribution in [0.15, 0.2) is 0 Å². The number of carbonyl (C=O) groups excluding carboxylic acids is 1. The van der Waals surface area contributed by atoms with Crippen LogP contribution in [0, 0.1) is 13.8 Å². The van der Waals surface area contributed by atoms with Crippen molar-refractivity contribution in [1.82, 2.24) is 19.7 Å². The molecule has 1 atom stereocenters. The highest BCUT2D eigenvalue weighted by molar-refractivity contribution is 5.86. The van der Waals surface area contributed by atoms with Crippen molar-refractivity contribution >= 4 is 16.9 Å². The summed E-state index contributed by atoms with van der Waals surface area (Å²) in [7, 11) is 3.48. The molecule has 7 heteroatoms. The molecule has 25 heavy (non-hydrogen) atoms. The second-order valence-electron chi connectivity index (χ2n) is 6.65. The number of hydrogen-bond donors (Lipinski definition) is 0. The van der Waals surface area contributed by atoms with E-state index < -0.39 is 0 Å². The zero-order valence-electron chi connectivity index (χ0n) is 15.6. The molecule has 136 valence electrons. The summed E-state index contributed by atoms with van der Waals surface area (Å²) in [6, 6.07) is 0. The zero-order chi connectivity index (χ0) is 18.1. The van der Waals surface area contributed by atoms with Gasteiger partial charge in [0.2, 0.25) is 11.8 Å². The third kappa shape index (κ3) is 3.33. The van der Waals surface area contributed by atoms with Crippen LogP contribution in [-0.4, -0.2) is 58.5 Å². The maximum atomic E-state index is 12.5. The van der Waals surface area contributed by atoms with Crippen LogP contribution in [-0.2, 0) is 23.0 Å². The summed E-state index contributed by atoms with van der Waals surface area (Å²) in [5, 5.41) is 5.30. The molecule has 2 aromatic heterocycles. The van der Waals surface area contributed by atoms with Gasteiger partial charge in [-0.15, -0.1) is 5.10 Å². The van der Waals surface area contributed by atoms with Crippen molar-refractivity contribution in [3.05, 3.63) is 16.8 Å². The van der Waals surface area contributed by atoms with Gasteiger partial charge in [-0.05, 0) is 38.3 Å². The van der Waals surface area contributed by atoms with E-state index in [-0.39, 0.29) is 12.0 Å². The Morgan fingerprint density at radius 2 is 2.16 bits per heavy atom. The normalized spacial score (nSPS) is 18.0. The van der Waals surface area contributed by atoms with Gasteiger partial charge in [-0.25, -0.2) is 9.67 Å². The molecule has 0 aromatic carbocycles. The Labute approximate surface area is 147 Å². The molecule has 7 nitrogen and oxygen atoms in total. The van der Waals surface area contributed by atoms with Gasteiger partial charge in [0.05, 0.1) is 25.2 Å². The number of methoxy groups -OCH3 is 1. The molecular weight excluding hydrogens is 320 g/mol. The van der Waals surface area contributed by atoms with Gasteiger partial charge in [0.1, 0.15) is 0 Å². The smallest absolute Gasteiger partial charge is 0.242 e. The summed E-state index contributed by atoms with van der Waals surface area (Å²) < 4.78 is 12.6. The highest BCUT2D eigenvalue weighted by Crippen LogP contribution is 2.30. The number of carbonyl (C=O) groups is 1. The first-order valence-electron chi connectivity index (χ1n) is 8.68. The van der Waals surface area contributed by atoms with Crippen molar-refractivity contribution in [3.8, 4) is 5.88 Å². The number of morpholine rings is 1. The molecule has 1 amide bonds. The van der Waals surface area contributed by atoms with E-state index in [1.54, 1.807) is 11.8 Å². The molecule has 3 rings (SSSR count). The van der Waals surface area contributed by atoms with Crippen LogP contribution < -0.4 is 4.74 Å². The van der Waals surface area contributed by atoms with Crippen LogP contribution in [0.1, 0.15) is 30.2 Å².